The zero-order chi connectivity index (χ0) is 29.6. The van der Waals surface area contributed by atoms with Crippen molar-refractivity contribution >= 4 is 33.3 Å². The van der Waals surface area contributed by atoms with E-state index in [9.17, 15) is 9.18 Å². The van der Waals surface area contributed by atoms with Gasteiger partial charge >= 0.3 is 6.09 Å². The van der Waals surface area contributed by atoms with E-state index in [1.54, 1.807) is 23.2 Å². The Kier molecular flexibility index (Phi) is 9.70. The van der Waals surface area contributed by atoms with E-state index < -0.39 is 11.4 Å². The number of amides is 1. The first-order chi connectivity index (χ1) is 19.6. The second-order valence-electron chi connectivity index (χ2n) is 10.7. The fraction of sp³-hybridized carbons (Fsp3) is 0.375. The van der Waals surface area contributed by atoms with Gasteiger partial charge in [-0.2, -0.15) is 0 Å². The number of nitrogens with zero attached hydrogens (tertiary/aromatic N) is 2. The normalized spacial score (nSPS) is 13.9. The number of nitrogens with two attached hydrogens (primary N) is 1. The van der Waals surface area contributed by atoms with Crippen LogP contribution in [-0.4, -0.2) is 41.3 Å². The average Bonchev–Trinajstić information content (AvgIpc) is 3.40. The lowest BCUT2D eigenvalue weighted by Crippen LogP contribution is -2.42. The third-order valence-corrected chi connectivity index (χ3v) is 7.63. The molecule has 0 saturated carbocycles. The molecular formula is C32H38FN3O4S. The Labute approximate surface area is 245 Å². The second kappa shape index (κ2) is 13.2. The molecule has 0 unspecified atom stereocenters. The smallest absolute Gasteiger partial charge is 0.410 e. The molecule has 1 amide bonds. The SMILES string of the molecule is CC.CC(C)(C)OC(=O)N1CCC(COc2ccc(-c3cc4nccc(Oc5ccc(N)cc5F)c4s3)cc2)CC1. The molecule has 5 rings (SSSR count). The molecule has 2 aromatic carbocycles. The van der Waals surface area contributed by atoms with Gasteiger partial charge in [-0.1, -0.05) is 13.8 Å². The quantitative estimate of drug-likeness (QED) is 0.230. The summed E-state index contributed by atoms with van der Waals surface area (Å²) in [6, 6.07) is 16.1. The van der Waals surface area contributed by atoms with Crippen molar-refractivity contribution in [2.24, 2.45) is 5.92 Å². The van der Waals surface area contributed by atoms with Gasteiger partial charge in [-0.3, -0.25) is 4.98 Å². The zero-order valence-electron chi connectivity index (χ0n) is 24.3. The molecule has 41 heavy (non-hydrogen) atoms. The number of hydrogen-bond acceptors (Lipinski definition) is 7. The summed E-state index contributed by atoms with van der Waals surface area (Å²) in [7, 11) is 0. The number of aromatic nitrogens is 1. The van der Waals surface area contributed by atoms with Gasteiger partial charge < -0.3 is 24.8 Å². The number of halogens is 1. The first-order valence-electron chi connectivity index (χ1n) is 14.0. The largest absolute Gasteiger partial charge is 0.493 e. The number of thiophene rings is 1. The molecule has 9 heteroatoms. The molecule has 3 heterocycles. The molecule has 1 aliphatic heterocycles. The molecule has 1 saturated heterocycles. The van der Waals surface area contributed by atoms with Crippen molar-refractivity contribution in [3.8, 4) is 27.7 Å². The lowest BCUT2D eigenvalue weighted by atomic mass is 9.98. The van der Waals surface area contributed by atoms with Crippen molar-refractivity contribution in [2.75, 3.05) is 25.4 Å². The van der Waals surface area contributed by atoms with Gasteiger partial charge in [-0.15, -0.1) is 11.3 Å². The molecule has 0 aliphatic carbocycles. The first-order valence-corrected chi connectivity index (χ1v) is 14.8. The molecule has 4 aromatic rings. The van der Waals surface area contributed by atoms with Crippen LogP contribution >= 0.6 is 11.3 Å². The van der Waals surface area contributed by atoms with Crippen LogP contribution in [0.25, 0.3) is 20.7 Å². The van der Waals surface area contributed by atoms with E-state index in [0.29, 0.717) is 37.1 Å². The Morgan fingerprint density at radius 3 is 2.41 bits per heavy atom. The third kappa shape index (κ3) is 7.88. The summed E-state index contributed by atoms with van der Waals surface area (Å²) in [5, 5.41) is 0. The molecular weight excluding hydrogens is 541 g/mol. The third-order valence-electron chi connectivity index (χ3n) is 6.44. The number of pyridine rings is 1. The highest BCUT2D eigenvalue weighted by Gasteiger charge is 2.27. The van der Waals surface area contributed by atoms with E-state index in [4.69, 9.17) is 19.9 Å². The number of fused-ring (bicyclic) bond motifs is 1. The molecule has 0 radical (unpaired) electrons. The Hall–Kier alpha value is -3.85. The van der Waals surface area contributed by atoms with Crippen molar-refractivity contribution in [1.82, 2.24) is 9.88 Å². The first kappa shape index (κ1) is 30.1. The van der Waals surface area contributed by atoms with Gasteiger partial charge in [0.2, 0.25) is 0 Å². The number of likely N-dealkylation sites (tertiary alicyclic amines) is 1. The van der Waals surface area contributed by atoms with E-state index in [0.717, 1.165) is 39.2 Å². The van der Waals surface area contributed by atoms with E-state index in [-0.39, 0.29) is 11.8 Å². The summed E-state index contributed by atoms with van der Waals surface area (Å²) in [4.78, 5) is 19.5. The van der Waals surface area contributed by atoms with Crippen molar-refractivity contribution in [3.63, 3.8) is 0 Å². The van der Waals surface area contributed by atoms with Gasteiger partial charge in [-0.05, 0) is 87.6 Å². The standard InChI is InChI=1S/C30H32FN3O4S.C2H6/c1-30(2,3)38-29(35)34-14-11-19(12-15-34)18-36-22-7-4-20(5-8-22)27-17-24-28(39-27)26(10-13-33-24)37-25-9-6-21(32)16-23(25)31;1-2/h4-10,13,16-17,19H,11-12,14-15,18,32H2,1-3H3;1-2H3. The highest BCUT2D eigenvalue weighted by atomic mass is 32.1. The van der Waals surface area contributed by atoms with E-state index in [1.165, 1.54) is 23.5 Å². The van der Waals surface area contributed by atoms with Crippen LogP contribution in [0.2, 0.25) is 0 Å². The maximum absolute atomic E-state index is 14.3. The Morgan fingerprint density at radius 1 is 1.05 bits per heavy atom. The summed E-state index contributed by atoms with van der Waals surface area (Å²) in [6.45, 7) is 11.6. The van der Waals surface area contributed by atoms with E-state index in [1.807, 2.05) is 65.0 Å². The van der Waals surface area contributed by atoms with Gasteiger partial charge in [0, 0.05) is 42.0 Å². The predicted molar refractivity (Wildman–Crippen MR) is 163 cm³/mol. The summed E-state index contributed by atoms with van der Waals surface area (Å²) in [6.07, 6.45) is 3.18. The maximum Gasteiger partial charge on any atom is 0.410 e. The number of carbonyl (C=O) groups excluding carboxylic acids is 1. The fourth-order valence-corrected chi connectivity index (χ4v) is 5.46. The average molecular weight is 580 g/mol. The minimum Gasteiger partial charge on any atom is -0.493 e. The summed E-state index contributed by atoms with van der Waals surface area (Å²) >= 11 is 1.54. The Balaban J connectivity index is 0.00000189. The molecule has 7 nitrogen and oxygen atoms in total. The number of benzene rings is 2. The van der Waals surface area contributed by atoms with Gasteiger partial charge in [-0.25, -0.2) is 9.18 Å². The number of piperidine rings is 1. The number of hydrogen-bond donors (Lipinski definition) is 1. The minimum absolute atomic E-state index is 0.115. The maximum atomic E-state index is 14.3. The highest BCUT2D eigenvalue weighted by Crippen LogP contribution is 2.40. The number of nitrogen functional groups attached to an aromatic ring is 1. The molecule has 218 valence electrons. The van der Waals surface area contributed by atoms with E-state index >= 15 is 0 Å². The van der Waals surface area contributed by atoms with Gasteiger partial charge in [0.05, 0.1) is 16.8 Å². The topological polar surface area (TPSA) is 86.9 Å². The van der Waals surface area contributed by atoms with Crippen LogP contribution in [0.1, 0.15) is 47.5 Å². The molecule has 0 bridgehead atoms. The van der Waals surface area contributed by atoms with E-state index in [2.05, 4.69) is 4.98 Å². The number of ether oxygens (including phenoxy) is 3. The van der Waals surface area contributed by atoms with Crippen molar-refractivity contribution in [2.45, 2.75) is 53.1 Å². The summed E-state index contributed by atoms with van der Waals surface area (Å²) < 4.78 is 32.5. The zero-order valence-corrected chi connectivity index (χ0v) is 25.1. The second-order valence-corrected chi connectivity index (χ2v) is 11.7. The Morgan fingerprint density at radius 2 is 1.76 bits per heavy atom. The van der Waals surface area contributed by atoms with Crippen LogP contribution in [0.4, 0.5) is 14.9 Å². The lowest BCUT2D eigenvalue weighted by Gasteiger charge is -2.33. The van der Waals surface area contributed by atoms with Crippen LogP contribution in [0.15, 0.2) is 60.8 Å². The molecule has 2 aromatic heterocycles. The minimum atomic E-state index is -0.513. The summed E-state index contributed by atoms with van der Waals surface area (Å²) in [5.74, 6) is 1.33. The van der Waals surface area contributed by atoms with Crippen LogP contribution in [-0.2, 0) is 4.74 Å². The Bertz CT molecular complexity index is 1460. The van der Waals surface area contributed by atoms with Gasteiger partial charge in [0.1, 0.15) is 17.1 Å². The van der Waals surface area contributed by atoms with Gasteiger partial charge in [0.25, 0.3) is 0 Å². The van der Waals surface area contributed by atoms with Crippen LogP contribution in [0.3, 0.4) is 0 Å². The molecule has 0 spiro atoms. The van der Waals surface area contributed by atoms with Crippen molar-refractivity contribution < 1.29 is 23.4 Å². The number of carbonyl (C=O) groups is 1. The molecule has 2 N–H and O–H groups in total. The number of rotatable bonds is 6. The lowest BCUT2D eigenvalue weighted by molar-refractivity contribution is 0.0165. The predicted octanol–water partition coefficient (Wildman–Crippen LogP) is 8.53. The molecule has 1 aliphatic rings. The van der Waals surface area contributed by atoms with Crippen molar-refractivity contribution in [1.29, 1.82) is 0 Å². The van der Waals surface area contributed by atoms with Gasteiger partial charge in [0.15, 0.2) is 11.6 Å². The highest BCUT2D eigenvalue weighted by molar-refractivity contribution is 7.22. The van der Waals surface area contributed by atoms with Crippen LogP contribution in [0, 0.1) is 11.7 Å². The monoisotopic (exact) mass is 579 g/mol. The fourth-order valence-electron chi connectivity index (χ4n) is 4.39. The van der Waals surface area contributed by atoms with Crippen molar-refractivity contribution in [3.05, 3.63) is 66.6 Å². The molecule has 0 atom stereocenters. The van der Waals surface area contributed by atoms with Crippen LogP contribution in [0.5, 0.6) is 17.2 Å². The summed E-state index contributed by atoms with van der Waals surface area (Å²) in [5.41, 5.74) is 7.31. The van der Waals surface area contributed by atoms with Crippen LogP contribution < -0.4 is 15.2 Å². The number of anilines is 1. The molecule has 1 fully saturated rings.